The SMILES string of the molecule is O=C(NNC(=O)C(O)c1cccc(Cl)c1)c1cc(Cl)c(O)cc1O. The Bertz CT molecular complexity index is 797. The molecule has 0 aromatic heterocycles. The average molecular weight is 371 g/mol. The topological polar surface area (TPSA) is 119 Å². The fourth-order valence-electron chi connectivity index (χ4n) is 1.81. The Morgan fingerprint density at radius 2 is 1.71 bits per heavy atom. The van der Waals surface area contributed by atoms with Gasteiger partial charge in [-0.1, -0.05) is 35.3 Å². The van der Waals surface area contributed by atoms with E-state index in [2.05, 4.69) is 0 Å². The van der Waals surface area contributed by atoms with E-state index in [1.165, 1.54) is 12.1 Å². The van der Waals surface area contributed by atoms with E-state index >= 15 is 0 Å². The Balaban J connectivity index is 2.03. The number of phenolic OH excluding ortho intramolecular Hbond substituents is 2. The highest BCUT2D eigenvalue weighted by molar-refractivity contribution is 6.32. The van der Waals surface area contributed by atoms with Crippen molar-refractivity contribution in [3.05, 3.63) is 57.6 Å². The van der Waals surface area contributed by atoms with Gasteiger partial charge in [0.05, 0.1) is 10.6 Å². The van der Waals surface area contributed by atoms with Crippen molar-refractivity contribution in [2.75, 3.05) is 0 Å². The zero-order chi connectivity index (χ0) is 17.9. The van der Waals surface area contributed by atoms with E-state index in [4.69, 9.17) is 23.2 Å². The van der Waals surface area contributed by atoms with Crippen molar-refractivity contribution in [1.82, 2.24) is 10.9 Å². The Hall–Kier alpha value is -2.48. The minimum Gasteiger partial charge on any atom is -0.507 e. The molecule has 0 fully saturated rings. The number of hydrogen-bond donors (Lipinski definition) is 5. The highest BCUT2D eigenvalue weighted by atomic mass is 35.5. The quantitative estimate of drug-likeness (QED) is 0.528. The van der Waals surface area contributed by atoms with Crippen LogP contribution in [-0.4, -0.2) is 27.1 Å². The normalized spacial score (nSPS) is 11.6. The highest BCUT2D eigenvalue weighted by Crippen LogP contribution is 2.30. The number of hydrogen-bond acceptors (Lipinski definition) is 5. The van der Waals surface area contributed by atoms with Crippen LogP contribution in [0.25, 0.3) is 0 Å². The molecule has 2 rings (SSSR count). The van der Waals surface area contributed by atoms with Crippen LogP contribution in [0.1, 0.15) is 22.0 Å². The lowest BCUT2D eigenvalue weighted by atomic mass is 10.1. The van der Waals surface area contributed by atoms with Gasteiger partial charge < -0.3 is 15.3 Å². The van der Waals surface area contributed by atoms with Gasteiger partial charge in [0.25, 0.3) is 11.8 Å². The molecule has 1 unspecified atom stereocenters. The molecular weight excluding hydrogens is 359 g/mol. The lowest BCUT2D eigenvalue weighted by Crippen LogP contribution is -2.44. The van der Waals surface area contributed by atoms with Crippen LogP contribution in [0.5, 0.6) is 11.5 Å². The molecule has 0 spiro atoms. The maximum atomic E-state index is 11.9. The third-order valence-electron chi connectivity index (χ3n) is 3.02. The zero-order valence-corrected chi connectivity index (χ0v) is 13.5. The molecule has 0 saturated heterocycles. The number of phenols is 2. The first-order valence-electron chi connectivity index (χ1n) is 6.55. The van der Waals surface area contributed by atoms with Crippen LogP contribution in [0.4, 0.5) is 0 Å². The van der Waals surface area contributed by atoms with Gasteiger partial charge >= 0.3 is 0 Å². The van der Waals surface area contributed by atoms with Crippen molar-refractivity contribution in [1.29, 1.82) is 0 Å². The van der Waals surface area contributed by atoms with Crippen molar-refractivity contribution in [2.24, 2.45) is 0 Å². The van der Waals surface area contributed by atoms with Crippen LogP contribution in [-0.2, 0) is 4.79 Å². The molecule has 0 aliphatic heterocycles. The number of benzene rings is 2. The predicted octanol–water partition coefficient (Wildman–Crippen LogP) is 1.90. The van der Waals surface area contributed by atoms with Crippen LogP contribution in [0, 0.1) is 0 Å². The molecule has 0 aliphatic carbocycles. The van der Waals surface area contributed by atoms with Crippen LogP contribution in [0.3, 0.4) is 0 Å². The minimum absolute atomic E-state index is 0.150. The lowest BCUT2D eigenvalue weighted by Gasteiger charge is -2.13. The molecule has 2 amide bonds. The van der Waals surface area contributed by atoms with Gasteiger partial charge in [-0.25, -0.2) is 0 Å². The number of aromatic hydroxyl groups is 2. The van der Waals surface area contributed by atoms with Crippen molar-refractivity contribution >= 4 is 35.0 Å². The fraction of sp³-hybridized carbons (Fsp3) is 0.0667. The Morgan fingerprint density at radius 3 is 2.38 bits per heavy atom. The van der Waals surface area contributed by atoms with Crippen LogP contribution in [0.2, 0.25) is 10.0 Å². The lowest BCUT2D eigenvalue weighted by molar-refractivity contribution is -0.130. The number of hydrazine groups is 1. The van der Waals surface area contributed by atoms with E-state index in [-0.39, 0.29) is 16.1 Å². The summed E-state index contributed by atoms with van der Waals surface area (Å²) in [6.07, 6.45) is -1.55. The van der Waals surface area contributed by atoms with Gasteiger partial charge in [-0.2, -0.15) is 0 Å². The number of amides is 2. The van der Waals surface area contributed by atoms with Gasteiger partial charge in [0.2, 0.25) is 0 Å². The van der Waals surface area contributed by atoms with Gasteiger partial charge in [0.1, 0.15) is 11.5 Å². The second-order valence-electron chi connectivity index (χ2n) is 4.72. The number of rotatable bonds is 3. The predicted molar refractivity (Wildman–Crippen MR) is 86.8 cm³/mol. The van der Waals surface area contributed by atoms with Crippen molar-refractivity contribution < 1.29 is 24.9 Å². The van der Waals surface area contributed by atoms with Gasteiger partial charge in [-0.05, 0) is 23.8 Å². The number of nitrogens with one attached hydrogen (secondary N) is 2. The molecule has 9 heteroatoms. The van der Waals surface area contributed by atoms with E-state index < -0.39 is 29.4 Å². The molecule has 0 saturated carbocycles. The summed E-state index contributed by atoms with van der Waals surface area (Å²) in [5, 5.41) is 29.0. The third-order valence-corrected chi connectivity index (χ3v) is 3.56. The second-order valence-corrected chi connectivity index (χ2v) is 5.57. The number of carbonyl (C=O) groups is 2. The molecule has 5 N–H and O–H groups in total. The minimum atomic E-state index is -1.55. The smallest absolute Gasteiger partial charge is 0.273 e. The maximum Gasteiger partial charge on any atom is 0.273 e. The third kappa shape index (κ3) is 4.08. The number of halogens is 2. The van der Waals surface area contributed by atoms with Gasteiger partial charge in [0.15, 0.2) is 6.10 Å². The summed E-state index contributed by atoms with van der Waals surface area (Å²) in [4.78, 5) is 23.8. The summed E-state index contributed by atoms with van der Waals surface area (Å²) in [6, 6.07) is 7.95. The standard InChI is InChI=1S/C15H12Cl2N2O5/c16-8-3-1-2-7(4-8)13(22)15(24)19-18-14(23)9-5-10(17)12(21)6-11(9)20/h1-6,13,20-22H,(H,18,23)(H,19,24). The number of aliphatic hydroxyl groups is 1. The number of carbonyl (C=O) groups excluding carboxylic acids is 2. The van der Waals surface area contributed by atoms with E-state index in [0.29, 0.717) is 5.02 Å². The summed E-state index contributed by atoms with van der Waals surface area (Å²) in [5.74, 6) is -2.72. The fourth-order valence-corrected chi connectivity index (χ4v) is 2.18. The molecule has 0 heterocycles. The van der Waals surface area contributed by atoms with Gasteiger partial charge in [-0.3, -0.25) is 20.4 Å². The van der Waals surface area contributed by atoms with E-state index in [1.54, 1.807) is 12.1 Å². The summed E-state index contributed by atoms with van der Waals surface area (Å²) in [5.41, 5.74) is 4.00. The van der Waals surface area contributed by atoms with E-state index in [0.717, 1.165) is 12.1 Å². The summed E-state index contributed by atoms with van der Waals surface area (Å²) < 4.78 is 0. The first-order valence-corrected chi connectivity index (χ1v) is 7.30. The number of aliphatic hydroxyl groups excluding tert-OH is 1. The molecule has 2 aromatic carbocycles. The first kappa shape index (κ1) is 17.9. The van der Waals surface area contributed by atoms with E-state index in [9.17, 15) is 24.9 Å². The van der Waals surface area contributed by atoms with Crippen LogP contribution < -0.4 is 10.9 Å². The van der Waals surface area contributed by atoms with Crippen molar-refractivity contribution in [3.63, 3.8) is 0 Å². The van der Waals surface area contributed by atoms with Gasteiger partial charge in [0, 0.05) is 11.1 Å². The first-order chi connectivity index (χ1) is 11.3. The highest BCUT2D eigenvalue weighted by Gasteiger charge is 2.20. The van der Waals surface area contributed by atoms with Gasteiger partial charge in [-0.15, -0.1) is 0 Å². The Morgan fingerprint density at radius 1 is 1.00 bits per heavy atom. The molecule has 7 nitrogen and oxygen atoms in total. The Kier molecular flexibility index (Phi) is 5.50. The Labute approximate surface area is 146 Å². The van der Waals surface area contributed by atoms with Crippen LogP contribution >= 0.6 is 23.2 Å². The van der Waals surface area contributed by atoms with E-state index in [1.807, 2.05) is 10.9 Å². The molecular formula is C15H12Cl2N2O5. The molecule has 0 bridgehead atoms. The summed E-state index contributed by atoms with van der Waals surface area (Å²) in [7, 11) is 0. The average Bonchev–Trinajstić information content (AvgIpc) is 2.55. The molecule has 126 valence electrons. The van der Waals surface area contributed by atoms with Crippen molar-refractivity contribution in [3.8, 4) is 11.5 Å². The maximum absolute atomic E-state index is 11.9. The largest absolute Gasteiger partial charge is 0.507 e. The molecule has 0 radical (unpaired) electrons. The molecule has 2 aromatic rings. The van der Waals surface area contributed by atoms with Crippen LogP contribution in [0.15, 0.2) is 36.4 Å². The summed E-state index contributed by atoms with van der Waals surface area (Å²) in [6.45, 7) is 0. The molecule has 24 heavy (non-hydrogen) atoms. The summed E-state index contributed by atoms with van der Waals surface area (Å²) >= 11 is 11.4. The molecule has 0 aliphatic rings. The molecule has 1 atom stereocenters. The monoisotopic (exact) mass is 370 g/mol. The second kappa shape index (κ2) is 7.39. The zero-order valence-electron chi connectivity index (χ0n) is 12.0. The van der Waals surface area contributed by atoms with Crippen molar-refractivity contribution in [2.45, 2.75) is 6.10 Å².